The second-order valence-electron chi connectivity index (χ2n) is 4.99. The quantitative estimate of drug-likeness (QED) is 0.896. The van der Waals surface area contributed by atoms with E-state index >= 15 is 0 Å². The molecule has 0 aliphatic carbocycles. The highest BCUT2D eigenvalue weighted by atomic mass is 79.9. The second kappa shape index (κ2) is 5.51. The summed E-state index contributed by atoms with van der Waals surface area (Å²) in [6.45, 7) is 4.55. The first kappa shape index (κ1) is 14.3. The molecule has 1 heterocycles. The molecule has 1 saturated heterocycles. The topological polar surface area (TPSA) is 58.6 Å². The maximum Gasteiger partial charge on any atom is 0.307 e. The average molecular weight is 328 g/mol. The van der Waals surface area contributed by atoms with Crippen molar-refractivity contribution < 1.29 is 14.6 Å². The molecule has 2 unspecified atom stereocenters. The summed E-state index contributed by atoms with van der Waals surface area (Å²) in [4.78, 5) is 11.0. The SMILES string of the molecule is COc1c(C2CC(C(=O)O)CN2)cc(C)c(Br)c1C. The number of halogens is 1. The Morgan fingerprint density at radius 1 is 1.53 bits per heavy atom. The monoisotopic (exact) mass is 327 g/mol. The minimum Gasteiger partial charge on any atom is -0.496 e. The zero-order valence-corrected chi connectivity index (χ0v) is 12.9. The Balaban J connectivity index is 2.38. The Morgan fingerprint density at radius 2 is 2.21 bits per heavy atom. The predicted molar refractivity (Wildman–Crippen MR) is 76.7 cm³/mol. The van der Waals surface area contributed by atoms with Crippen LogP contribution in [0.2, 0.25) is 0 Å². The molecule has 0 saturated carbocycles. The first-order chi connectivity index (χ1) is 8.95. The fourth-order valence-corrected chi connectivity index (χ4v) is 2.96. The first-order valence-corrected chi connectivity index (χ1v) is 7.04. The van der Waals surface area contributed by atoms with Gasteiger partial charge in [0.15, 0.2) is 0 Å². The molecule has 4 nitrogen and oxygen atoms in total. The number of aryl methyl sites for hydroxylation is 1. The Labute approximate surface area is 121 Å². The summed E-state index contributed by atoms with van der Waals surface area (Å²) in [5, 5.41) is 12.4. The van der Waals surface area contributed by atoms with Crippen LogP contribution in [0.4, 0.5) is 0 Å². The highest BCUT2D eigenvalue weighted by molar-refractivity contribution is 9.10. The maximum absolute atomic E-state index is 11.0. The van der Waals surface area contributed by atoms with E-state index in [1.165, 1.54) is 0 Å². The van der Waals surface area contributed by atoms with E-state index < -0.39 is 5.97 Å². The summed E-state index contributed by atoms with van der Waals surface area (Å²) in [7, 11) is 1.65. The number of hydrogen-bond acceptors (Lipinski definition) is 3. The fraction of sp³-hybridized carbons (Fsp3) is 0.500. The number of ether oxygens (including phenoxy) is 1. The number of carboxylic acid groups (broad SMARTS) is 1. The zero-order valence-electron chi connectivity index (χ0n) is 11.3. The molecular weight excluding hydrogens is 310 g/mol. The van der Waals surface area contributed by atoms with Crippen LogP contribution in [0.25, 0.3) is 0 Å². The van der Waals surface area contributed by atoms with Crippen molar-refractivity contribution in [1.29, 1.82) is 0 Å². The number of nitrogens with one attached hydrogen (secondary N) is 1. The van der Waals surface area contributed by atoms with Crippen molar-refractivity contribution in [1.82, 2.24) is 5.32 Å². The molecule has 2 rings (SSSR count). The third-order valence-electron chi connectivity index (χ3n) is 3.71. The van der Waals surface area contributed by atoms with Gasteiger partial charge in [0.1, 0.15) is 5.75 Å². The highest BCUT2D eigenvalue weighted by Gasteiger charge is 2.32. The van der Waals surface area contributed by atoms with E-state index in [-0.39, 0.29) is 12.0 Å². The van der Waals surface area contributed by atoms with Gasteiger partial charge in [0.25, 0.3) is 0 Å². The maximum atomic E-state index is 11.0. The van der Waals surface area contributed by atoms with Gasteiger partial charge in [-0.25, -0.2) is 0 Å². The van der Waals surface area contributed by atoms with Gasteiger partial charge in [-0.2, -0.15) is 0 Å². The van der Waals surface area contributed by atoms with Gasteiger partial charge >= 0.3 is 5.97 Å². The number of hydrogen-bond donors (Lipinski definition) is 2. The average Bonchev–Trinajstić information content (AvgIpc) is 2.85. The van der Waals surface area contributed by atoms with Gasteiger partial charge in [-0.15, -0.1) is 0 Å². The molecule has 1 fully saturated rings. The molecule has 5 heteroatoms. The second-order valence-corrected chi connectivity index (χ2v) is 5.78. The Morgan fingerprint density at radius 3 is 2.74 bits per heavy atom. The normalized spacial score (nSPS) is 22.5. The van der Waals surface area contributed by atoms with Gasteiger partial charge in [-0.3, -0.25) is 4.79 Å². The molecule has 0 aromatic heterocycles. The summed E-state index contributed by atoms with van der Waals surface area (Å²) in [5.41, 5.74) is 3.23. The van der Waals surface area contributed by atoms with Crippen molar-refractivity contribution in [2.75, 3.05) is 13.7 Å². The molecule has 1 aliphatic rings. The molecule has 2 N–H and O–H groups in total. The molecule has 104 valence electrons. The number of aliphatic carboxylic acids is 1. The minimum absolute atomic E-state index is 0.0431. The lowest BCUT2D eigenvalue weighted by Gasteiger charge is -2.19. The molecule has 0 amide bonds. The first-order valence-electron chi connectivity index (χ1n) is 6.25. The molecule has 0 spiro atoms. The van der Waals surface area contributed by atoms with E-state index in [1.807, 2.05) is 13.8 Å². The molecule has 0 bridgehead atoms. The van der Waals surface area contributed by atoms with Crippen LogP contribution in [-0.4, -0.2) is 24.7 Å². The minimum atomic E-state index is -0.737. The van der Waals surface area contributed by atoms with Crippen LogP contribution in [0.3, 0.4) is 0 Å². The number of methoxy groups -OCH3 is 1. The third-order valence-corrected chi connectivity index (χ3v) is 4.93. The molecule has 1 aromatic rings. The third kappa shape index (κ3) is 2.62. The smallest absolute Gasteiger partial charge is 0.307 e. The summed E-state index contributed by atoms with van der Waals surface area (Å²) >= 11 is 3.55. The van der Waals surface area contributed by atoms with Crippen LogP contribution in [-0.2, 0) is 4.79 Å². The van der Waals surface area contributed by atoms with E-state index in [0.717, 1.165) is 26.9 Å². The molecule has 0 radical (unpaired) electrons. The summed E-state index contributed by atoms with van der Waals surface area (Å²) < 4.78 is 6.55. The number of rotatable bonds is 3. The lowest BCUT2D eigenvalue weighted by molar-refractivity contribution is -0.141. The summed E-state index contributed by atoms with van der Waals surface area (Å²) in [5.74, 6) is -0.223. The van der Waals surface area contributed by atoms with E-state index in [2.05, 4.69) is 27.3 Å². The van der Waals surface area contributed by atoms with Crippen molar-refractivity contribution in [3.63, 3.8) is 0 Å². The van der Waals surface area contributed by atoms with Crippen LogP contribution < -0.4 is 10.1 Å². The van der Waals surface area contributed by atoms with Gasteiger partial charge in [0, 0.05) is 28.2 Å². The molecular formula is C14H18BrNO3. The lowest BCUT2D eigenvalue weighted by atomic mass is 9.96. The molecule has 19 heavy (non-hydrogen) atoms. The highest BCUT2D eigenvalue weighted by Crippen LogP contribution is 2.39. The van der Waals surface area contributed by atoms with Gasteiger partial charge in [-0.05, 0) is 31.9 Å². The van der Waals surface area contributed by atoms with E-state index in [9.17, 15) is 4.79 Å². The standard InChI is InChI=1S/C14H18BrNO3/c1-7-4-10(13(19-3)8(2)12(7)15)11-5-9(6-16-11)14(17)18/h4,9,11,16H,5-6H2,1-3H3,(H,17,18). The van der Waals surface area contributed by atoms with Crippen LogP contribution in [0.1, 0.15) is 29.2 Å². The van der Waals surface area contributed by atoms with Gasteiger partial charge in [0.05, 0.1) is 13.0 Å². The Kier molecular flexibility index (Phi) is 4.16. The van der Waals surface area contributed by atoms with E-state index in [1.54, 1.807) is 7.11 Å². The molecule has 1 aliphatic heterocycles. The van der Waals surface area contributed by atoms with E-state index in [4.69, 9.17) is 9.84 Å². The largest absolute Gasteiger partial charge is 0.496 e. The van der Waals surface area contributed by atoms with Crippen molar-refractivity contribution in [3.05, 3.63) is 27.2 Å². The number of carboxylic acids is 1. The zero-order chi connectivity index (χ0) is 14.2. The Hall–Kier alpha value is -1.07. The summed E-state index contributed by atoms with van der Waals surface area (Å²) in [6, 6.07) is 2.11. The van der Waals surface area contributed by atoms with Crippen molar-refractivity contribution in [2.45, 2.75) is 26.3 Å². The van der Waals surface area contributed by atoms with Crippen LogP contribution in [0.5, 0.6) is 5.75 Å². The summed E-state index contributed by atoms with van der Waals surface area (Å²) in [6.07, 6.45) is 0.603. The van der Waals surface area contributed by atoms with Crippen LogP contribution in [0, 0.1) is 19.8 Å². The van der Waals surface area contributed by atoms with Gasteiger partial charge < -0.3 is 15.2 Å². The van der Waals surface area contributed by atoms with Crippen molar-refractivity contribution in [2.24, 2.45) is 5.92 Å². The lowest BCUT2D eigenvalue weighted by Crippen LogP contribution is -2.17. The molecule has 1 aromatic carbocycles. The van der Waals surface area contributed by atoms with Crippen molar-refractivity contribution in [3.8, 4) is 5.75 Å². The van der Waals surface area contributed by atoms with Crippen LogP contribution >= 0.6 is 15.9 Å². The predicted octanol–water partition coefficient (Wildman–Crippen LogP) is 2.81. The van der Waals surface area contributed by atoms with Crippen molar-refractivity contribution >= 4 is 21.9 Å². The number of benzene rings is 1. The fourth-order valence-electron chi connectivity index (χ4n) is 2.66. The van der Waals surface area contributed by atoms with Crippen LogP contribution in [0.15, 0.2) is 10.5 Å². The molecule has 2 atom stereocenters. The van der Waals surface area contributed by atoms with Gasteiger partial charge in [-0.1, -0.05) is 15.9 Å². The van der Waals surface area contributed by atoms with Gasteiger partial charge in [0.2, 0.25) is 0 Å². The van der Waals surface area contributed by atoms with E-state index in [0.29, 0.717) is 13.0 Å². The Bertz CT molecular complexity index is 516. The number of carbonyl (C=O) groups is 1.